The zero-order chi connectivity index (χ0) is 14.5. The van der Waals surface area contributed by atoms with Crippen molar-refractivity contribution in [2.45, 2.75) is 45.6 Å². The lowest BCUT2D eigenvalue weighted by Gasteiger charge is -2.35. The molecule has 1 aromatic rings. The highest BCUT2D eigenvalue weighted by molar-refractivity contribution is 5.89. The number of anilines is 1. The van der Waals surface area contributed by atoms with E-state index in [0.717, 1.165) is 42.6 Å². The molecular weight excluding hydrogens is 252 g/mol. The monoisotopic (exact) mass is 276 g/mol. The molecule has 4 nitrogen and oxygen atoms in total. The van der Waals surface area contributed by atoms with E-state index in [1.165, 1.54) is 0 Å². The molecule has 1 aromatic carbocycles. The van der Waals surface area contributed by atoms with Crippen LogP contribution in [0.3, 0.4) is 0 Å². The molecule has 2 N–H and O–H groups in total. The summed E-state index contributed by atoms with van der Waals surface area (Å²) < 4.78 is 0. The SMILES string of the molecule is Cc1cc(C)cc(NC(=O)N2CCCCC2CCO)c1. The zero-order valence-electron chi connectivity index (χ0n) is 12.4. The fourth-order valence-corrected chi connectivity index (χ4v) is 2.96. The second-order valence-corrected chi connectivity index (χ2v) is 5.66. The van der Waals surface area contributed by atoms with Crippen molar-refractivity contribution in [2.75, 3.05) is 18.5 Å². The third-order valence-electron chi connectivity index (χ3n) is 3.82. The number of carbonyl (C=O) groups excluding carboxylic acids is 1. The molecule has 1 heterocycles. The number of aliphatic hydroxyl groups excluding tert-OH is 1. The summed E-state index contributed by atoms with van der Waals surface area (Å²) in [5.74, 6) is 0. The van der Waals surface area contributed by atoms with Crippen LogP contribution in [0.25, 0.3) is 0 Å². The van der Waals surface area contributed by atoms with Crippen LogP contribution in [0.5, 0.6) is 0 Å². The number of amides is 2. The van der Waals surface area contributed by atoms with Crippen LogP contribution >= 0.6 is 0 Å². The lowest BCUT2D eigenvalue weighted by molar-refractivity contribution is 0.141. The van der Waals surface area contributed by atoms with Crippen LogP contribution in [0.15, 0.2) is 18.2 Å². The molecule has 1 aliphatic rings. The van der Waals surface area contributed by atoms with E-state index in [-0.39, 0.29) is 18.7 Å². The minimum absolute atomic E-state index is 0.0480. The molecule has 110 valence electrons. The van der Waals surface area contributed by atoms with E-state index >= 15 is 0 Å². The Morgan fingerprint density at radius 3 is 2.65 bits per heavy atom. The van der Waals surface area contributed by atoms with Crippen LogP contribution in [0, 0.1) is 13.8 Å². The van der Waals surface area contributed by atoms with E-state index in [9.17, 15) is 4.79 Å². The zero-order valence-corrected chi connectivity index (χ0v) is 12.4. The van der Waals surface area contributed by atoms with Crippen LogP contribution in [0.2, 0.25) is 0 Å². The van der Waals surface area contributed by atoms with E-state index in [1.54, 1.807) is 0 Å². The Bertz CT molecular complexity index is 451. The second kappa shape index (κ2) is 6.75. The number of likely N-dealkylation sites (tertiary alicyclic amines) is 1. The molecule has 0 aromatic heterocycles. The van der Waals surface area contributed by atoms with Gasteiger partial charge in [0.2, 0.25) is 0 Å². The Hall–Kier alpha value is -1.55. The molecule has 1 fully saturated rings. The number of hydrogen-bond acceptors (Lipinski definition) is 2. The molecule has 1 saturated heterocycles. The van der Waals surface area contributed by atoms with E-state index in [0.29, 0.717) is 6.42 Å². The van der Waals surface area contributed by atoms with Crippen molar-refractivity contribution in [3.63, 3.8) is 0 Å². The van der Waals surface area contributed by atoms with Gasteiger partial charge in [0.05, 0.1) is 0 Å². The number of benzene rings is 1. The molecule has 4 heteroatoms. The first-order chi connectivity index (χ1) is 9.60. The highest BCUT2D eigenvalue weighted by Crippen LogP contribution is 2.21. The van der Waals surface area contributed by atoms with E-state index in [1.807, 2.05) is 30.9 Å². The standard InChI is InChI=1S/C16H24N2O2/c1-12-9-13(2)11-14(10-12)17-16(20)18-7-4-3-5-15(18)6-8-19/h9-11,15,19H,3-8H2,1-2H3,(H,17,20). The summed E-state index contributed by atoms with van der Waals surface area (Å²) in [5.41, 5.74) is 3.14. The van der Waals surface area contributed by atoms with Crippen LogP contribution < -0.4 is 5.32 Å². The Labute approximate surface area is 120 Å². The molecule has 1 unspecified atom stereocenters. The van der Waals surface area contributed by atoms with Crippen LogP contribution in [-0.2, 0) is 0 Å². The van der Waals surface area contributed by atoms with Crippen LogP contribution in [0.1, 0.15) is 36.8 Å². The molecule has 2 amide bonds. The normalized spacial score (nSPS) is 18.9. The van der Waals surface area contributed by atoms with Gasteiger partial charge in [0.25, 0.3) is 0 Å². The summed E-state index contributed by atoms with van der Waals surface area (Å²) in [6, 6.07) is 6.17. The first-order valence-corrected chi connectivity index (χ1v) is 7.37. The number of aliphatic hydroxyl groups is 1. The molecule has 0 radical (unpaired) electrons. The number of nitrogens with zero attached hydrogens (tertiary/aromatic N) is 1. The van der Waals surface area contributed by atoms with Gasteiger partial charge in [0, 0.05) is 24.9 Å². The van der Waals surface area contributed by atoms with Crippen LogP contribution in [-0.4, -0.2) is 35.2 Å². The van der Waals surface area contributed by atoms with Gasteiger partial charge in [0.15, 0.2) is 0 Å². The molecule has 20 heavy (non-hydrogen) atoms. The predicted octanol–water partition coefficient (Wildman–Crippen LogP) is 3.07. The summed E-state index contributed by atoms with van der Waals surface area (Å²) in [5, 5.41) is 12.1. The summed E-state index contributed by atoms with van der Waals surface area (Å²) in [6.45, 7) is 4.97. The molecule has 2 rings (SSSR count). The second-order valence-electron chi connectivity index (χ2n) is 5.66. The van der Waals surface area contributed by atoms with Crippen molar-refractivity contribution >= 4 is 11.7 Å². The van der Waals surface area contributed by atoms with Crippen molar-refractivity contribution in [3.8, 4) is 0 Å². The minimum atomic E-state index is -0.0480. The summed E-state index contributed by atoms with van der Waals surface area (Å²) in [6.07, 6.45) is 3.83. The van der Waals surface area contributed by atoms with Crippen LogP contribution in [0.4, 0.5) is 10.5 Å². The fourth-order valence-electron chi connectivity index (χ4n) is 2.96. The Kier molecular flexibility index (Phi) is 5.01. The van der Waals surface area contributed by atoms with Gasteiger partial charge in [-0.1, -0.05) is 6.07 Å². The maximum atomic E-state index is 12.4. The lowest BCUT2D eigenvalue weighted by atomic mass is 10.00. The first kappa shape index (κ1) is 14.9. The minimum Gasteiger partial charge on any atom is -0.396 e. The maximum Gasteiger partial charge on any atom is 0.322 e. The Morgan fingerprint density at radius 2 is 2.00 bits per heavy atom. The smallest absolute Gasteiger partial charge is 0.322 e. The van der Waals surface area contributed by atoms with Gasteiger partial charge in [-0.25, -0.2) is 4.79 Å². The fraction of sp³-hybridized carbons (Fsp3) is 0.562. The summed E-state index contributed by atoms with van der Waals surface area (Å²) in [7, 11) is 0. The van der Waals surface area contributed by atoms with Crippen molar-refractivity contribution in [1.29, 1.82) is 0 Å². The highest BCUT2D eigenvalue weighted by atomic mass is 16.3. The largest absolute Gasteiger partial charge is 0.396 e. The van der Waals surface area contributed by atoms with E-state index < -0.39 is 0 Å². The van der Waals surface area contributed by atoms with Gasteiger partial charge in [-0.3, -0.25) is 0 Å². The van der Waals surface area contributed by atoms with Gasteiger partial charge in [-0.2, -0.15) is 0 Å². The number of carbonyl (C=O) groups is 1. The van der Waals surface area contributed by atoms with Gasteiger partial charge >= 0.3 is 6.03 Å². The number of rotatable bonds is 3. The number of piperidine rings is 1. The Morgan fingerprint density at radius 1 is 1.30 bits per heavy atom. The van der Waals surface area contributed by atoms with Crippen molar-refractivity contribution < 1.29 is 9.90 Å². The predicted molar refractivity (Wildman–Crippen MR) is 81.0 cm³/mol. The van der Waals surface area contributed by atoms with Gasteiger partial charge in [0.1, 0.15) is 0 Å². The summed E-state index contributed by atoms with van der Waals surface area (Å²) >= 11 is 0. The molecular formula is C16H24N2O2. The topological polar surface area (TPSA) is 52.6 Å². The van der Waals surface area contributed by atoms with Crippen molar-refractivity contribution in [3.05, 3.63) is 29.3 Å². The third-order valence-corrected chi connectivity index (χ3v) is 3.82. The third kappa shape index (κ3) is 3.73. The molecule has 0 saturated carbocycles. The number of nitrogens with one attached hydrogen (secondary N) is 1. The maximum absolute atomic E-state index is 12.4. The molecule has 1 atom stereocenters. The van der Waals surface area contributed by atoms with Gasteiger partial charge < -0.3 is 15.3 Å². The number of hydrogen-bond donors (Lipinski definition) is 2. The van der Waals surface area contributed by atoms with Gasteiger partial charge in [-0.15, -0.1) is 0 Å². The quantitative estimate of drug-likeness (QED) is 0.891. The summed E-state index contributed by atoms with van der Waals surface area (Å²) in [4.78, 5) is 14.3. The first-order valence-electron chi connectivity index (χ1n) is 7.37. The Balaban J connectivity index is 2.05. The van der Waals surface area contributed by atoms with E-state index in [4.69, 9.17) is 5.11 Å². The number of aryl methyl sites for hydroxylation is 2. The van der Waals surface area contributed by atoms with E-state index in [2.05, 4.69) is 11.4 Å². The molecule has 0 spiro atoms. The van der Waals surface area contributed by atoms with Gasteiger partial charge in [-0.05, 0) is 62.8 Å². The molecule has 1 aliphatic heterocycles. The molecule has 0 bridgehead atoms. The lowest BCUT2D eigenvalue weighted by Crippen LogP contribution is -2.46. The average Bonchev–Trinajstić information content (AvgIpc) is 2.38. The highest BCUT2D eigenvalue weighted by Gasteiger charge is 2.26. The van der Waals surface area contributed by atoms with Crippen molar-refractivity contribution in [1.82, 2.24) is 4.90 Å². The number of urea groups is 1. The average molecular weight is 276 g/mol. The van der Waals surface area contributed by atoms with Crippen molar-refractivity contribution in [2.24, 2.45) is 0 Å². The molecule has 0 aliphatic carbocycles.